The van der Waals surface area contributed by atoms with E-state index in [4.69, 9.17) is 9.47 Å². The normalized spacial score (nSPS) is 13.2. The number of carbonyl (C=O) groups is 1. The minimum Gasteiger partial charge on any atom is -0.492 e. The third-order valence-electron chi connectivity index (χ3n) is 3.48. The summed E-state index contributed by atoms with van der Waals surface area (Å²) < 4.78 is 12.0. The van der Waals surface area contributed by atoms with Gasteiger partial charge in [0.25, 0.3) is 5.56 Å². The van der Waals surface area contributed by atoms with Gasteiger partial charge in [0, 0.05) is 17.1 Å². The van der Waals surface area contributed by atoms with Crippen LogP contribution in [0, 0.1) is 5.41 Å². The molecule has 0 saturated heterocycles. The number of ketones is 1. The fourth-order valence-corrected chi connectivity index (χ4v) is 3.01. The molecule has 0 radical (unpaired) electrons. The number of H-pyrrole nitrogens is 1. The van der Waals surface area contributed by atoms with Gasteiger partial charge in [-0.15, -0.1) is 11.3 Å². The maximum Gasteiger partial charge on any atom is 0.266 e. The predicted octanol–water partition coefficient (Wildman–Crippen LogP) is 2.07. The number of ether oxygens (including phenoxy) is 2. The van der Waals surface area contributed by atoms with Crippen molar-refractivity contribution < 1.29 is 14.3 Å². The van der Waals surface area contributed by atoms with E-state index >= 15 is 0 Å². The van der Waals surface area contributed by atoms with Crippen molar-refractivity contribution in [3.63, 3.8) is 0 Å². The smallest absolute Gasteiger partial charge is 0.266 e. The molecule has 0 unspecified atom stereocenters. The van der Waals surface area contributed by atoms with Gasteiger partial charge in [0.1, 0.15) is 0 Å². The third kappa shape index (κ3) is 4.60. The molecular formula is C19H23NO4S. The van der Waals surface area contributed by atoms with Crippen LogP contribution >= 0.6 is 11.3 Å². The molecule has 0 amide bonds. The largest absolute Gasteiger partial charge is 0.492 e. The van der Waals surface area contributed by atoms with Crippen LogP contribution in [0.2, 0.25) is 0 Å². The molecule has 0 aliphatic carbocycles. The molecule has 0 spiro atoms. The van der Waals surface area contributed by atoms with Crippen molar-refractivity contribution in [2.75, 3.05) is 13.7 Å². The van der Waals surface area contributed by atoms with Gasteiger partial charge in [0.15, 0.2) is 17.3 Å². The van der Waals surface area contributed by atoms with Crippen molar-refractivity contribution in [3.8, 4) is 11.5 Å². The molecule has 0 aliphatic heterocycles. The number of methoxy groups -OCH3 is 1. The van der Waals surface area contributed by atoms with Crippen LogP contribution in [-0.2, 0) is 4.79 Å². The average molecular weight is 361 g/mol. The molecule has 0 bridgehead atoms. The topological polar surface area (TPSA) is 68.4 Å². The van der Waals surface area contributed by atoms with Crippen molar-refractivity contribution in [1.29, 1.82) is 0 Å². The maximum atomic E-state index is 12.2. The van der Waals surface area contributed by atoms with Crippen molar-refractivity contribution in [1.82, 2.24) is 4.98 Å². The monoisotopic (exact) mass is 361 g/mol. The molecule has 0 aliphatic rings. The van der Waals surface area contributed by atoms with E-state index in [1.54, 1.807) is 13.2 Å². The lowest BCUT2D eigenvalue weighted by Gasteiger charge is -2.12. The fraction of sp³-hybridized carbons (Fsp3) is 0.368. The van der Waals surface area contributed by atoms with Crippen molar-refractivity contribution >= 4 is 29.3 Å². The molecule has 1 aromatic heterocycles. The molecule has 5 nitrogen and oxygen atoms in total. The lowest BCUT2D eigenvalue weighted by Crippen LogP contribution is -2.22. The van der Waals surface area contributed by atoms with Gasteiger partial charge in [-0.1, -0.05) is 32.9 Å². The molecule has 25 heavy (non-hydrogen) atoms. The summed E-state index contributed by atoms with van der Waals surface area (Å²) in [5.74, 6) is 1.17. The van der Waals surface area contributed by atoms with Crippen molar-refractivity contribution in [2.24, 2.45) is 5.41 Å². The first-order valence-electron chi connectivity index (χ1n) is 8.03. The number of aromatic nitrogens is 1. The Morgan fingerprint density at radius 3 is 2.64 bits per heavy atom. The highest BCUT2D eigenvalue weighted by atomic mass is 32.1. The molecule has 0 atom stereocenters. The second-order valence-electron chi connectivity index (χ2n) is 6.50. The summed E-state index contributed by atoms with van der Waals surface area (Å²) in [6.45, 7) is 7.94. The lowest BCUT2D eigenvalue weighted by molar-refractivity contribution is -0.119. The first kappa shape index (κ1) is 19.0. The van der Waals surface area contributed by atoms with E-state index < -0.39 is 5.41 Å². The number of Topliss-reactive ketones (excluding diaryl/α,β-unsaturated/α-hetero) is 1. The number of hydrogen-bond donors (Lipinski definition) is 1. The number of rotatable bonds is 5. The molecular weight excluding hydrogens is 338 g/mol. The zero-order valence-corrected chi connectivity index (χ0v) is 16.0. The Kier molecular flexibility index (Phi) is 5.85. The van der Waals surface area contributed by atoms with Gasteiger partial charge in [-0.2, -0.15) is 0 Å². The number of carbonyl (C=O) groups excluding carboxylic acids is 1. The summed E-state index contributed by atoms with van der Waals surface area (Å²) in [6.07, 6.45) is 3.22. The van der Waals surface area contributed by atoms with Crippen LogP contribution in [0.4, 0.5) is 0 Å². The molecule has 2 aromatic rings. The van der Waals surface area contributed by atoms with Crippen LogP contribution in [0.3, 0.4) is 0 Å². The molecule has 1 heterocycles. The van der Waals surface area contributed by atoms with Crippen LogP contribution in [0.25, 0.3) is 12.2 Å². The van der Waals surface area contributed by atoms with E-state index in [1.807, 2.05) is 45.9 Å². The highest BCUT2D eigenvalue weighted by molar-refractivity contribution is 7.07. The minimum absolute atomic E-state index is 0.0347. The van der Waals surface area contributed by atoms with Crippen LogP contribution in [-0.4, -0.2) is 24.5 Å². The van der Waals surface area contributed by atoms with E-state index in [0.717, 1.165) is 5.56 Å². The molecule has 0 fully saturated rings. The Balaban J connectivity index is 2.54. The number of thiazole rings is 1. The summed E-state index contributed by atoms with van der Waals surface area (Å²) in [6, 6.07) is 5.51. The fourth-order valence-electron chi connectivity index (χ4n) is 2.14. The first-order chi connectivity index (χ1) is 11.8. The summed E-state index contributed by atoms with van der Waals surface area (Å²) >= 11 is 1.24. The molecule has 0 saturated carbocycles. The Bertz CT molecular complexity index is 932. The minimum atomic E-state index is -0.486. The molecule has 6 heteroatoms. The Morgan fingerprint density at radius 1 is 1.32 bits per heavy atom. The van der Waals surface area contributed by atoms with Gasteiger partial charge in [0.2, 0.25) is 0 Å². The number of hydrogen-bond acceptors (Lipinski definition) is 5. The highest BCUT2D eigenvalue weighted by Crippen LogP contribution is 2.31. The molecule has 1 N–H and O–H groups in total. The van der Waals surface area contributed by atoms with Crippen LogP contribution in [0.5, 0.6) is 11.5 Å². The first-order valence-corrected chi connectivity index (χ1v) is 8.84. The quantitative estimate of drug-likeness (QED) is 0.885. The van der Waals surface area contributed by atoms with Crippen LogP contribution in [0.1, 0.15) is 33.3 Å². The summed E-state index contributed by atoms with van der Waals surface area (Å²) in [5, 5.41) is 0. The van der Waals surface area contributed by atoms with Gasteiger partial charge >= 0.3 is 0 Å². The van der Waals surface area contributed by atoms with Gasteiger partial charge in [-0.25, -0.2) is 0 Å². The van der Waals surface area contributed by atoms with Gasteiger partial charge < -0.3 is 14.5 Å². The van der Waals surface area contributed by atoms with E-state index in [1.165, 1.54) is 17.4 Å². The third-order valence-corrected chi connectivity index (χ3v) is 4.44. The zero-order valence-electron chi connectivity index (χ0n) is 15.1. The Hall–Kier alpha value is -2.34. The number of nitrogens with one attached hydrogen (secondary N) is 1. The number of aromatic amines is 1. The number of benzene rings is 1. The van der Waals surface area contributed by atoms with Gasteiger partial charge in [0.05, 0.1) is 22.9 Å². The Morgan fingerprint density at radius 2 is 2.04 bits per heavy atom. The van der Waals surface area contributed by atoms with Crippen molar-refractivity contribution in [3.05, 3.63) is 43.3 Å². The number of para-hydroxylation sites is 1. The predicted molar refractivity (Wildman–Crippen MR) is 101 cm³/mol. The average Bonchev–Trinajstić information content (AvgIpc) is 2.86. The lowest BCUT2D eigenvalue weighted by atomic mass is 9.91. The van der Waals surface area contributed by atoms with E-state index in [2.05, 4.69) is 4.98 Å². The standard InChI is InChI=1S/C19H23NO4S/c1-6-24-13-9-7-8-12(17(13)23-5)10-14-18(22)20-16(25-14)11-15(21)19(2,3)4/h7-11H,6H2,1-5H3,(H,20,22). The summed E-state index contributed by atoms with van der Waals surface area (Å²) in [4.78, 5) is 27.0. The molecule has 2 rings (SSSR count). The summed E-state index contributed by atoms with van der Waals surface area (Å²) in [5.41, 5.74) is 0.0242. The Labute approximate surface area is 150 Å². The van der Waals surface area contributed by atoms with E-state index in [0.29, 0.717) is 27.3 Å². The van der Waals surface area contributed by atoms with Gasteiger partial charge in [-0.3, -0.25) is 9.59 Å². The van der Waals surface area contributed by atoms with E-state index in [9.17, 15) is 9.59 Å². The molecule has 134 valence electrons. The summed E-state index contributed by atoms with van der Waals surface area (Å²) in [7, 11) is 1.56. The zero-order chi connectivity index (χ0) is 18.6. The van der Waals surface area contributed by atoms with Crippen molar-refractivity contribution in [2.45, 2.75) is 27.7 Å². The van der Waals surface area contributed by atoms with Gasteiger partial charge in [-0.05, 0) is 19.1 Å². The highest BCUT2D eigenvalue weighted by Gasteiger charge is 2.18. The van der Waals surface area contributed by atoms with Crippen LogP contribution in [0.15, 0.2) is 23.0 Å². The van der Waals surface area contributed by atoms with E-state index in [-0.39, 0.29) is 11.3 Å². The second-order valence-corrected chi connectivity index (χ2v) is 7.58. The SMILES string of the molecule is CCOc1cccc(C=c2sc(=CC(=O)C(C)(C)C)[nH]c2=O)c1OC. The van der Waals surface area contributed by atoms with Crippen LogP contribution < -0.4 is 24.2 Å². The molecule has 1 aromatic carbocycles. The second kappa shape index (κ2) is 7.70. The maximum absolute atomic E-state index is 12.2.